The van der Waals surface area contributed by atoms with Crippen molar-refractivity contribution >= 4 is 5.91 Å². The third-order valence-electron chi connectivity index (χ3n) is 3.12. The molecule has 0 saturated heterocycles. The van der Waals surface area contributed by atoms with Gasteiger partial charge in [0.15, 0.2) is 0 Å². The topological polar surface area (TPSA) is 81.6 Å². The van der Waals surface area contributed by atoms with Gasteiger partial charge in [0.05, 0.1) is 19.7 Å². The van der Waals surface area contributed by atoms with E-state index in [0.717, 1.165) is 11.3 Å². The van der Waals surface area contributed by atoms with Gasteiger partial charge in [-0.3, -0.25) is 9.69 Å². The molecule has 0 bridgehead atoms. The summed E-state index contributed by atoms with van der Waals surface area (Å²) in [6.45, 7) is 4.60. The van der Waals surface area contributed by atoms with Gasteiger partial charge in [-0.15, -0.1) is 0 Å². The van der Waals surface area contributed by atoms with E-state index in [9.17, 15) is 4.79 Å². The van der Waals surface area contributed by atoms with Crippen LogP contribution < -0.4 is 16.2 Å². The maximum atomic E-state index is 11.2. The molecule has 106 valence electrons. The molecule has 1 unspecified atom stereocenters. The van der Waals surface area contributed by atoms with E-state index in [4.69, 9.17) is 16.2 Å². The number of benzene rings is 1. The Morgan fingerprint density at radius 1 is 1.37 bits per heavy atom. The summed E-state index contributed by atoms with van der Waals surface area (Å²) < 4.78 is 5.36. The molecule has 0 aliphatic rings. The molecule has 1 atom stereocenters. The van der Waals surface area contributed by atoms with Crippen LogP contribution in [0.4, 0.5) is 0 Å². The molecule has 0 heterocycles. The average Bonchev–Trinajstić information content (AvgIpc) is 2.38. The van der Waals surface area contributed by atoms with Crippen LogP contribution in [0.3, 0.4) is 0 Å². The number of nitrogens with two attached hydrogens (primary N) is 2. The molecule has 0 fully saturated rings. The first-order chi connectivity index (χ1) is 9.01. The molecular formula is C14H23N3O2. The lowest BCUT2D eigenvalue weighted by molar-refractivity contribution is -0.120. The van der Waals surface area contributed by atoms with E-state index in [1.165, 1.54) is 0 Å². The summed E-state index contributed by atoms with van der Waals surface area (Å²) in [6, 6.07) is 7.76. The fourth-order valence-electron chi connectivity index (χ4n) is 2.22. The highest BCUT2D eigenvalue weighted by molar-refractivity contribution is 5.76. The van der Waals surface area contributed by atoms with E-state index in [1.54, 1.807) is 7.11 Å². The van der Waals surface area contributed by atoms with Gasteiger partial charge in [-0.1, -0.05) is 18.2 Å². The van der Waals surface area contributed by atoms with E-state index in [2.05, 4.69) is 0 Å². The van der Waals surface area contributed by atoms with Gasteiger partial charge < -0.3 is 16.2 Å². The van der Waals surface area contributed by atoms with Crippen molar-refractivity contribution in [3.63, 3.8) is 0 Å². The molecule has 5 heteroatoms. The lowest BCUT2D eigenvalue weighted by Crippen LogP contribution is -2.43. The van der Waals surface area contributed by atoms with Gasteiger partial charge in [-0.05, 0) is 19.9 Å². The number of rotatable bonds is 7. The predicted molar refractivity (Wildman–Crippen MR) is 75.8 cm³/mol. The molecule has 1 rings (SSSR count). The zero-order valence-corrected chi connectivity index (χ0v) is 11.8. The number of ether oxygens (including phenoxy) is 1. The molecule has 4 N–H and O–H groups in total. The number of amides is 1. The van der Waals surface area contributed by atoms with Crippen molar-refractivity contribution in [1.82, 2.24) is 4.90 Å². The second-order valence-electron chi connectivity index (χ2n) is 4.73. The molecule has 19 heavy (non-hydrogen) atoms. The van der Waals surface area contributed by atoms with Gasteiger partial charge >= 0.3 is 0 Å². The third-order valence-corrected chi connectivity index (χ3v) is 3.12. The number of methoxy groups -OCH3 is 1. The fourth-order valence-corrected chi connectivity index (χ4v) is 2.22. The first kappa shape index (κ1) is 15.5. The molecular weight excluding hydrogens is 242 g/mol. The highest BCUT2D eigenvalue weighted by Crippen LogP contribution is 2.29. The first-order valence-electron chi connectivity index (χ1n) is 6.38. The Hall–Kier alpha value is -1.59. The van der Waals surface area contributed by atoms with Crippen LogP contribution in [0.2, 0.25) is 0 Å². The van der Waals surface area contributed by atoms with Gasteiger partial charge in [-0.25, -0.2) is 0 Å². The monoisotopic (exact) mass is 265 g/mol. The van der Waals surface area contributed by atoms with Crippen LogP contribution in [-0.2, 0) is 4.79 Å². The minimum Gasteiger partial charge on any atom is -0.496 e. The Morgan fingerprint density at radius 3 is 2.47 bits per heavy atom. The van der Waals surface area contributed by atoms with Crippen molar-refractivity contribution in [3.8, 4) is 5.75 Å². The molecule has 0 aromatic heterocycles. The van der Waals surface area contributed by atoms with Crippen LogP contribution in [0.15, 0.2) is 24.3 Å². The van der Waals surface area contributed by atoms with Gasteiger partial charge in [-0.2, -0.15) is 0 Å². The standard InChI is InChI=1S/C14H23N3O2/c1-10(2)17(9-14(16)18)12(8-15)11-6-4-5-7-13(11)19-3/h4-7,10,12H,8-9,15H2,1-3H3,(H2,16,18). The third kappa shape index (κ3) is 3.94. The first-order valence-corrected chi connectivity index (χ1v) is 6.38. The quantitative estimate of drug-likeness (QED) is 0.767. The number of primary amides is 1. The lowest BCUT2D eigenvalue weighted by Gasteiger charge is -2.34. The second kappa shape index (κ2) is 7.11. The van der Waals surface area contributed by atoms with Crippen LogP contribution >= 0.6 is 0 Å². The molecule has 1 aromatic rings. The Bertz CT molecular complexity index is 421. The molecule has 1 amide bonds. The van der Waals surface area contributed by atoms with E-state index >= 15 is 0 Å². The maximum absolute atomic E-state index is 11.2. The summed E-state index contributed by atoms with van der Waals surface area (Å²) in [7, 11) is 1.63. The highest BCUT2D eigenvalue weighted by atomic mass is 16.5. The van der Waals surface area contributed by atoms with E-state index < -0.39 is 0 Å². The molecule has 1 aromatic carbocycles. The van der Waals surface area contributed by atoms with Crippen LogP contribution in [0.25, 0.3) is 0 Å². The summed E-state index contributed by atoms with van der Waals surface area (Å²) in [5, 5.41) is 0. The molecule has 5 nitrogen and oxygen atoms in total. The van der Waals surface area contributed by atoms with E-state index in [-0.39, 0.29) is 24.5 Å². The van der Waals surface area contributed by atoms with E-state index in [1.807, 2.05) is 43.0 Å². The van der Waals surface area contributed by atoms with Crippen molar-refractivity contribution in [2.45, 2.75) is 25.9 Å². The normalized spacial score (nSPS) is 12.7. The summed E-state index contributed by atoms with van der Waals surface area (Å²) in [4.78, 5) is 13.2. The Kier molecular flexibility index (Phi) is 5.79. The zero-order valence-electron chi connectivity index (χ0n) is 11.8. The van der Waals surface area contributed by atoms with Gasteiger partial charge in [0.25, 0.3) is 0 Å². The van der Waals surface area contributed by atoms with Gasteiger partial charge in [0, 0.05) is 18.2 Å². The summed E-state index contributed by atoms with van der Waals surface area (Å²) in [5.41, 5.74) is 12.2. The molecule has 0 aliphatic carbocycles. The van der Waals surface area contributed by atoms with Crippen molar-refractivity contribution in [2.75, 3.05) is 20.2 Å². The number of para-hydroxylation sites is 1. The molecule has 0 spiro atoms. The smallest absolute Gasteiger partial charge is 0.231 e. The van der Waals surface area contributed by atoms with Crippen LogP contribution in [0.5, 0.6) is 5.75 Å². The average molecular weight is 265 g/mol. The van der Waals surface area contributed by atoms with E-state index in [0.29, 0.717) is 6.54 Å². The minimum atomic E-state index is -0.359. The van der Waals surface area contributed by atoms with Gasteiger partial charge in [0.1, 0.15) is 5.75 Å². The Labute approximate surface area is 114 Å². The number of hydrogen-bond acceptors (Lipinski definition) is 4. The number of carbonyl (C=O) groups is 1. The Morgan fingerprint density at radius 2 is 2.00 bits per heavy atom. The van der Waals surface area contributed by atoms with Gasteiger partial charge in [0.2, 0.25) is 5.91 Å². The maximum Gasteiger partial charge on any atom is 0.231 e. The largest absolute Gasteiger partial charge is 0.496 e. The van der Waals surface area contributed by atoms with Crippen molar-refractivity contribution in [2.24, 2.45) is 11.5 Å². The molecule has 0 saturated carbocycles. The number of nitrogens with zero attached hydrogens (tertiary/aromatic N) is 1. The SMILES string of the molecule is COc1ccccc1C(CN)N(CC(N)=O)C(C)C. The second-order valence-corrected chi connectivity index (χ2v) is 4.73. The number of hydrogen-bond donors (Lipinski definition) is 2. The highest BCUT2D eigenvalue weighted by Gasteiger charge is 2.25. The minimum absolute atomic E-state index is 0.0938. The van der Waals surface area contributed by atoms with Crippen LogP contribution in [-0.4, -0.2) is 37.0 Å². The summed E-state index contributed by atoms with van der Waals surface area (Å²) >= 11 is 0. The van der Waals surface area contributed by atoms with Crippen molar-refractivity contribution < 1.29 is 9.53 Å². The zero-order chi connectivity index (χ0) is 14.4. The van der Waals surface area contributed by atoms with Crippen molar-refractivity contribution in [3.05, 3.63) is 29.8 Å². The number of carbonyl (C=O) groups excluding carboxylic acids is 1. The van der Waals surface area contributed by atoms with Crippen molar-refractivity contribution in [1.29, 1.82) is 0 Å². The fraction of sp³-hybridized carbons (Fsp3) is 0.500. The molecule has 0 radical (unpaired) electrons. The summed E-state index contributed by atoms with van der Waals surface area (Å²) in [6.07, 6.45) is 0. The lowest BCUT2D eigenvalue weighted by atomic mass is 10.0. The Balaban J connectivity index is 3.11. The van der Waals surface area contributed by atoms with Crippen LogP contribution in [0.1, 0.15) is 25.5 Å². The predicted octanol–water partition coefficient (Wildman–Crippen LogP) is 0.891. The molecule has 0 aliphatic heterocycles. The summed E-state index contributed by atoms with van der Waals surface area (Å²) in [5.74, 6) is 0.412. The van der Waals surface area contributed by atoms with Crippen LogP contribution in [0, 0.1) is 0 Å².